The van der Waals surface area contributed by atoms with Crippen LogP contribution in [0.15, 0.2) is 174 Å². The molecule has 2 aromatic heterocycles. The van der Waals surface area contributed by atoms with E-state index in [0.29, 0.717) is 0 Å². The molecule has 0 fully saturated rings. The van der Waals surface area contributed by atoms with Crippen molar-refractivity contribution in [3.8, 4) is 44.5 Å². The maximum Gasteiger partial charge on any atom is 0.143 e. The van der Waals surface area contributed by atoms with Crippen LogP contribution in [0.2, 0.25) is 0 Å². The van der Waals surface area contributed by atoms with Gasteiger partial charge in [0, 0.05) is 41.9 Å². The highest BCUT2D eigenvalue weighted by Gasteiger charge is 2.19. The van der Waals surface area contributed by atoms with Crippen molar-refractivity contribution in [1.82, 2.24) is 0 Å². The van der Waals surface area contributed by atoms with Crippen LogP contribution in [0.5, 0.6) is 0 Å². The minimum atomic E-state index is 0.907. The van der Waals surface area contributed by atoms with Gasteiger partial charge in [0.1, 0.15) is 11.2 Å². The van der Waals surface area contributed by atoms with Gasteiger partial charge in [-0.25, -0.2) is 0 Å². The van der Waals surface area contributed by atoms with Crippen LogP contribution in [-0.4, -0.2) is 0 Å². The highest BCUT2D eigenvalue weighted by molar-refractivity contribution is 7.26. The van der Waals surface area contributed by atoms with Crippen molar-refractivity contribution in [3.05, 3.63) is 170 Å². The molecule has 0 aliphatic rings. The molecular formula is C46H28OS. The van der Waals surface area contributed by atoms with Crippen LogP contribution in [0.25, 0.3) is 97.4 Å². The van der Waals surface area contributed by atoms with Crippen molar-refractivity contribution < 1.29 is 4.42 Å². The van der Waals surface area contributed by atoms with E-state index in [1.54, 1.807) is 0 Å². The number of rotatable bonds is 4. The summed E-state index contributed by atoms with van der Waals surface area (Å²) in [5, 5.41) is 7.18. The number of hydrogen-bond donors (Lipinski definition) is 0. The lowest BCUT2D eigenvalue weighted by Crippen LogP contribution is -1.87. The second kappa shape index (κ2) is 10.8. The third kappa shape index (κ3) is 4.31. The summed E-state index contributed by atoms with van der Waals surface area (Å²) in [6.45, 7) is 0. The number of furan rings is 1. The maximum atomic E-state index is 6.61. The SMILES string of the molecule is c1ccc(-c2cccc(-c3cc(-c4cc5c6cc(-c7ccccc7)ccc6oc5c5ccccc45)cc4c3sc3ccccc34)c2)cc1. The average Bonchev–Trinajstić information content (AvgIpc) is 3.73. The Bertz CT molecular complexity index is 2820. The molecule has 0 aliphatic heterocycles. The highest BCUT2D eigenvalue weighted by atomic mass is 32.1. The second-order valence-corrected chi connectivity index (χ2v) is 13.5. The second-order valence-electron chi connectivity index (χ2n) is 12.5. The molecule has 0 amide bonds. The van der Waals surface area contributed by atoms with E-state index in [9.17, 15) is 0 Å². The minimum absolute atomic E-state index is 0.907. The van der Waals surface area contributed by atoms with Crippen LogP contribution >= 0.6 is 11.3 Å². The largest absolute Gasteiger partial charge is 0.455 e. The zero-order chi connectivity index (χ0) is 31.6. The molecule has 0 aliphatic carbocycles. The van der Waals surface area contributed by atoms with Gasteiger partial charge < -0.3 is 4.42 Å². The average molecular weight is 629 g/mol. The molecular weight excluding hydrogens is 601 g/mol. The Balaban J connectivity index is 1.27. The van der Waals surface area contributed by atoms with Crippen molar-refractivity contribution in [1.29, 1.82) is 0 Å². The Labute approximate surface area is 282 Å². The summed E-state index contributed by atoms with van der Waals surface area (Å²) in [6.07, 6.45) is 0. The van der Waals surface area contributed by atoms with Gasteiger partial charge in [-0.05, 0) is 86.8 Å². The molecule has 0 unspecified atom stereocenters. The molecule has 0 saturated carbocycles. The van der Waals surface area contributed by atoms with Crippen molar-refractivity contribution in [2.75, 3.05) is 0 Å². The van der Waals surface area contributed by atoms with Gasteiger partial charge in [-0.2, -0.15) is 0 Å². The summed E-state index contributed by atoms with van der Waals surface area (Å²) in [6, 6.07) is 61.5. The van der Waals surface area contributed by atoms with Crippen LogP contribution in [0, 0.1) is 0 Å². The van der Waals surface area contributed by atoms with E-state index >= 15 is 0 Å². The van der Waals surface area contributed by atoms with Crippen molar-refractivity contribution in [2.24, 2.45) is 0 Å². The molecule has 224 valence electrons. The fourth-order valence-corrected chi connectivity index (χ4v) is 8.56. The molecule has 0 atom stereocenters. The first-order chi connectivity index (χ1) is 23.8. The van der Waals surface area contributed by atoms with E-state index in [1.165, 1.54) is 70.1 Å². The number of hydrogen-bond acceptors (Lipinski definition) is 2. The summed E-state index contributed by atoms with van der Waals surface area (Å²) in [5.41, 5.74) is 11.6. The van der Waals surface area contributed by atoms with Gasteiger partial charge >= 0.3 is 0 Å². The Morgan fingerprint density at radius 2 is 0.958 bits per heavy atom. The van der Waals surface area contributed by atoms with E-state index in [4.69, 9.17) is 4.42 Å². The molecule has 8 aromatic carbocycles. The van der Waals surface area contributed by atoms with Gasteiger partial charge in [0.05, 0.1) is 0 Å². The fourth-order valence-electron chi connectivity index (χ4n) is 7.34. The van der Waals surface area contributed by atoms with Gasteiger partial charge in [0.25, 0.3) is 0 Å². The van der Waals surface area contributed by atoms with E-state index in [1.807, 2.05) is 11.3 Å². The zero-order valence-corrected chi connectivity index (χ0v) is 26.8. The number of thiophene rings is 1. The molecule has 10 aromatic rings. The van der Waals surface area contributed by atoms with Crippen LogP contribution in [-0.2, 0) is 0 Å². The van der Waals surface area contributed by atoms with E-state index in [2.05, 4.69) is 170 Å². The summed E-state index contributed by atoms with van der Waals surface area (Å²) in [4.78, 5) is 0. The molecule has 0 bridgehead atoms. The summed E-state index contributed by atoms with van der Waals surface area (Å²) < 4.78 is 9.23. The number of benzene rings is 8. The summed E-state index contributed by atoms with van der Waals surface area (Å²) in [7, 11) is 0. The zero-order valence-electron chi connectivity index (χ0n) is 26.0. The van der Waals surface area contributed by atoms with Crippen molar-refractivity contribution >= 4 is 64.2 Å². The third-order valence-corrected chi connectivity index (χ3v) is 10.9. The quantitative estimate of drug-likeness (QED) is 0.189. The van der Waals surface area contributed by atoms with E-state index < -0.39 is 0 Å². The van der Waals surface area contributed by atoms with E-state index in [0.717, 1.165) is 27.3 Å². The van der Waals surface area contributed by atoms with Crippen molar-refractivity contribution in [2.45, 2.75) is 0 Å². The smallest absolute Gasteiger partial charge is 0.143 e. The monoisotopic (exact) mass is 628 g/mol. The molecule has 0 radical (unpaired) electrons. The van der Waals surface area contributed by atoms with Gasteiger partial charge in [0.15, 0.2) is 0 Å². The van der Waals surface area contributed by atoms with Crippen LogP contribution in [0.3, 0.4) is 0 Å². The van der Waals surface area contributed by atoms with Crippen LogP contribution < -0.4 is 0 Å². The van der Waals surface area contributed by atoms with Gasteiger partial charge in [-0.3, -0.25) is 0 Å². The molecule has 48 heavy (non-hydrogen) atoms. The van der Waals surface area contributed by atoms with Gasteiger partial charge in [-0.1, -0.05) is 127 Å². The van der Waals surface area contributed by atoms with Crippen molar-refractivity contribution in [3.63, 3.8) is 0 Å². The standard InChI is InChI=1S/C46H28OS/c1-3-12-29(13-4-1)31-16-11-17-33(24-31)39-26-34(27-42-36-19-9-10-21-44(36)48-46(39)42)38-28-41-40-25-32(30-14-5-2-6-15-30)22-23-43(40)47-45(41)37-20-8-7-18-35(37)38/h1-28H. The lowest BCUT2D eigenvalue weighted by atomic mass is 9.91. The minimum Gasteiger partial charge on any atom is -0.455 e. The lowest BCUT2D eigenvalue weighted by molar-refractivity contribution is 0.673. The topological polar surface area (TPSA) is 13.1 Å². The maximum absolute atomic E-state index is 6.61. The molecule has 2 heteroatoms. The first-order valence-corrected chi connectivity index (χ1v) is 17.2. The van der Waals surface area contributed by atoms with Crippen LogP contribution in [0.4, 0.5) is 0 Å². The van der Waals surface area contributed by atoms with E-state index in [-0.39, 0.29) is 0 Å². The Hall–Kier alpha value is -5.96. The molecule has 0 N–H and O–H groups in total. The fraction of sp³-hybridized carbons (Fsp3) is 0. The molecule has 1 nitrogen and oxygen atoms in total. The normalized spacial score (nSPS) is 11.8. The predicted octanol–water partition coefficient (Wildman–Crippen LogP) is 13.8. The lowest BCUT2D eigenvalue weighted by Gasteiger charge is -2.13. The molecule has 0 saturated heterocycles. The third-order valence-electron chi connectivity index (χ3n) is 9.65. The summed E-state index contributed by atoms with van der Waals surface area (Å²) >= 11 is 1.88. The Morgan fingerprint density at radius 1 is 0.333 bits per heavy atom. The van der Waals surface area contributed by atoms with Gasteiger partial charge in [0.2, 0.25) is 0 Å². The molecule has 0 spiro atoms. The van der Waals surface area contributed by atoms with Crippen LogP contribution in [0.1, 0.15) is 0 Å². The van der Waals surface area contributed by atoms with Gasteiger partial charge in [-0.15, -0.1) is 11.3 Å². The molecule has 2 heterocycles. The summed E-state index contributed by atoms with van der Waals surface area (Å²) in [5.74, 6) is 0. The highest BCUT2D eigenvalue weighted by Crippen LogP contribution is 2.46. The first kappa shape index (κ1) is 27.2. The number of fused-ring (bicyclic) bond motifs is 8. The molecule has 10 rings (SSSR count). The predicted molar refractivity (Wildman–Crippen MR) is 206 cm³/mol. The Kier molecular flexibility index (Phi) is 6.12. The first-order valence-electron chi connectivity index (χ1n) is 16.3. The Morgan fingerprint density at radius 3 is 1.75 bits per heavy atom.